The Labute approximate surface area is 146 Å². The molecule has 0 radical (unpaired) electrons. The number of aromatic nitrogens is 2. The predicted octanol–water partition coefficient (Wildman–Crippen LogP) is 3.76. The molecule has 0 unspecified atom stereocenters. The number of nitrogens with zero attached hydrogens (tertiary/aromatic N) is 2. The number of carbonyl (C=O) groups excluding carboxylic acids is 1. The molecule has 0 saturated heterocycles. The lowest BCUT2D eigenvalue weighted by Gasteiger charge is -2.07. The molecule has 3 rings (SSSR count). The number of carbonyl (C=O) groups is 1. The van der Waals surface area contributed by atoms with E-state index in [1.165, 1.54) is 24.3 Å². The molecule has 1 aromatic heterocycles. The molecule has 0 aliphatic carbocycles. The van der Waals surface area contributed by atoms with Gasteiger partial charge in [0.25, 0.3) is 5.91 Å². The first-order chi connectivity index (χ1) is 12.5. The Morgan fingerprint density at radius 2 is 1.65 bits per heavy atom. The molecular weight excluding hydrogens is 345 g/mol. The van der Waals surface area contributed by atoms with Gasteiger partial charge in [-0.15, -0.1) is 10.2 Å². The summed E-state index contributed by atoms with van der Waals surface area (Å²) in [5, 5.41) is 13.1. The van der Waals surface area contributed by atoms with E-state index < -0.39 is 17.5 Å². The number of hydrogen-bond donors (Lipinski definition) is 2. The molecule has 0 bridgehead atoms. The zero-order valence-electron chi connectivity index (χ0n) is 13.3. The monoisotopic (exact) mass is 358 g/mol. The van der Waals surface area contributed by atoms with E-state index in [1.807, 2.05) is 0 Å². The highest BCUT2D eigenvalue weighted by atomic mass is 19.2. The second-order valence-electron chi connectivity index (χ2n) is 5.37. The third kappa shape index (κ3) is 4.35. The predicted molar refractivity (Wildman–Crippen MR) is 90.1 cm³/mol. The molecule has 0 atom stereocenters. The van der Waals surface area contributed by atoms with E-state index in [2.05, 4.69) is 20.8 Å². The third-order valence-corrected chi connectivity index (χ3v) is 3.46. The lowest BCUT2D eigenvalue weighted by atomic mass is 10.2. The maximum absolute atomic E-state index is 13.1. The van der Waals surface area contributed by atoms with Crippen molar-refractivity contribution < 1.29 is 18.0 Å². The van der Waals surface area contributed by atoms with Crippen LogP contribution in [-0.2, 0) is 6.54 Å². The second-order valence-corrected chi connectivity index (χ2v) is 5.37. The van der Waals surface area contributed by atoms with Crippen LogP contribution < -0.4 is 10.6 Å². The highest BCUT2D eigenvalue weighted by molar-refractivity contribution is 6.02. The molecule has 0 aliphatic rings. The summed E-state index contributed by atoms with van der Waals surface area (Å²) >= 11 is 0. The van der Waals surface area contributed by atoms with Crippen molar-refractivity contribution in [3.8, 4) is 0 Å². The van der Waals surface area contributed by atoms with Gasteiger partial charge >= 0.3 is 0 Å². The van der Waals surface area contributed by atoms with Gasteiger partial charge in [0.1, 0.15) is 11.6 Å². The quantitative estimate of drug-likeness (QED) is 0.729. The van der Waals surface area contributed by atoms with Crippen LogP contribution in [0.3, 0.4) is 0 Å². The van der Waals surface area contributed by atoms with Crippen LogP contribution in [0.2, 0.25) is 0 Å². The standard InChI is InChI=1S/C18H13F3N4O/c19-12-3-1-11(2-4-12)10-22-17-8-7-16(24-25-17)18(26)23-13-5-6-14(20)15(21)9-13/h1-9H,10H2,(H,22,25)(H,23,26). The number of amides is 1. The van der Waals surface area contributed by atoms with Gasteiger partial charge < -0.3 is 10.6 Å². The van der Waals surface area contributed by atoms with Crippen molar-refractivity contribution in [3.63, 3.8) is 0 Å². The van der Waals surface area contributed by atoms with Crippen molar-refractivity contribution in [3.05, 3.63) is 83.3 Å². The van der Waals surface area contributed by atoms with Crippen LogP contribution in [0.25, 0.3) is 0 Å². The van der Waals surface area contributed by atoms with E-state index >= 15 is 0 Å². The minimum atomic E-state index is -1.06. The van der Waals surface area contributed by atoms with Gasteiger partial charge in [0.2, 0.25) is 0 Å². The maximum Gasteiger partial charge on any atom is 0.276 e. The molecule has 132 valence electrons. The normalized spacial score (nSPS) is 10.4. The van der Waals surface area contributed by atoms with Gasteiger partial charge in [-0.3, -0.25) is 4.79 Å². The molecule has 0 spiro atoms. The molecule has 5 nitrogen and oxygen atoms in total. The number of benzene rings is 2. The summed E-state index contributed by atoms with van der Waals surface area (Å²) in [6.45, 7) is 0.412. The van der Waals surface area contributed by atoms with Gasteiger partial charge in [0.15, 0.2) is 17.3 Å². The van der Waals surface area contributed by atoms with Gasteiger partial charge in [-0.2, -0.15) is 0 Å². The molecule has 0 aliphatic heterocycles. The third-order valence-electron chi connectivity index (χ3n) is 3.46. The average Bonchev–Trinajstić information content (AvgIpc) is 2.65. The summed E-state index contributed by atoms with van der Waals surface area (Å²) < 4.78 is 38.9. The van der Waals surface area contributed by atoms with Crippen molar-refractivity contribution in [2.24, 2.45) is 0 Å². The fraction of sp³-hybridized carbons (Fsp3) is 0.0556. The molecule has 1 heterocycles. The highest BCUT2D eigenvalue weighted by Crippen LogP contribution is 2.14. The van der Waals surface area contributed by atoms with Crippen molar-refractivity contribution in [1.82, 2.24) is 10.2 Å². The molecule has 8 heteroatoms. The van der Waals surface area contributed by atoms with Crippen LogP contribution in [0, 0.1) is 17.5 Å². The fourth-order valence-corrected chi connectivity index (χ4v) is 2.11. The molecule has 0 fully saturated rings. The summed E-state index contributed by atoms with van der Waals surface area (Å²) in [6.07, 6.45) is 0. The lowest BCUT2D eigenvalue weighted by molar-refractivity contribution is 0.102. The van der Waals surface area contributed by atoms with Gasteiger partial charge in [0, 0.05) is 18.3 Å². The minimum Gasteiger partial charge on any atom is -0.365 e. The van der Waals surface area contributed by atoms with E-state index in [4.69, 9.17) is 0 Å². The van der Waals surface area contributed by atoms with Gasteiger partial charge in [-0.1, -0.05) is 12.1 Å². The summed E-state index contributed by atoms with van der Waals surface area (Å²) in [5.41, 5.74) is 0.977. The van der Waals surface area contributed by atoms with E-state index in [0.717, 1.165) is 17.7 Å². The number of anilines is 2. The molecule has 2 N–H and O–H groups in total. The Morgan fingerprint density at radius 1 is 0.885 bits per heavy atom. The SMILES string of the molecule is O=C(Nc1ccc(F)c(F)c1)c1ccc(NCc2ccc(F)cc2)nn1. The molecule has 2 aromatic carbocycles. The Balaban J connectivity index is 1.60. The molecule has 26 heavy (non-hydrogen) atoms. The largest absolute Gasteiger partial charge is 0.365 e. The van der Waals surface area contributed by atoms with E-state index in [0.29, 0.717) is 12.4 Å². The summed E-state index contributed by atoms with van der Waals surface area (Å²) in [6, 6.07) is 12.0. The van der Waals surface area contributed by atoms with Gasteiger partial charge in [0.05, 0.1) is 0 Å². The lowest BCUT2D eigenvalue weighted by Crippen LogP contribution is -2.15. The molecule has 0 saturated carbocycles. The maximum atomic E-state index is 13.1. The summed E-state index contributed by atoms with van der Waals surface area (Å²) in [5.74, 6) is -2.55. The number of nitrogens with one attached hydrogen (secondary N) is 2. The zero-order chi connectivity index (χ0) is 18.5. The van der Waals surface area contributed by atoms with E-state index in [-0.39, 0.29) is 17.2 Å². The van der Waals surface area contributed by atoms with Crippen LogP contribution in [-0.4, -0.2) is 16.1 Å². The van der Waals surface area contributed by atoms with Crippen LogP contribution in [0.15, 0.2) is 54.6 Å². The smallest absolute Gasteiger partial charge is 0.276 e. The highest BCUT2D eigenvalue weighted by Gasteiger charge is 2.10. The minimum absolute atomic E-state index is 0.0158. The Hall–Kier alpha value is -3.42. The first-order valence-electron chi connectivity index (χ1n) is 7.60. The van der Waals surface area contributed by atoms with Crippen LogP contribution in [0.1, 0.15) is 16.1 Å². The Bertz CT molecular complexity index is 915. The number of halogens is 3. The second kappa shape index (κ2) is 7.64. The molecule has 1 amide bonds. The Morgan fingerprint density at radius 3 is 2.31 bits per heavy atom. The first kappa shape index (κ1) is 17.4. The zero-order valence-corrected chi connectivity index (χ0v) is 13.3. The van der Waals surface area contributed by atoms with E-state index in [9.17, 15) is 18.0 Å². The Kier molecular flexibility index (Phi) is 5.12. The van der Waals surface area contributed by atoms with Crippen LogP contribution in [0.5, 0.6) is 0 Å². The van der Waals surface area contributed by atoms with Crippen molar-refractivity contribution in [1.29, 1.82) is 0 Å². The summed E-state index contributed by atoms with van der Waals surface area (Å²) in [7, 11) is 0. The van der Waals surface area contributed by atoms with Gasteiger partial charge in [-0.25, -0.2) is 13.2 Å². The average molecular weight is 358 g/mol. The number of rotatable bonds is 5. The fourth-order valence-electron chi connectivity index (χ4n) is 2.11. The van der Waals surface area contributed by atoms with Crippen LogP contribution >= 0.6 is 0 Å². The molecular formula is C18H13F3N4O. The summed E-state index contributed by atoms with van der Waals surface area (Å²) in [4.78, 5) is 12.0. The van der Waals surface area contributed by atoms with Gasteiger partial charge in [-0.05, 0) is 42.0 Å². The van der Waals surface area contributed by atoms with Crippen molar-refractivity contribution in [2.45, 2.75) is 6.54 Å². The van der Waals surface area contributed by atoms with Crippen molar-refractivity contribution >= 4 is 17.4 Å². The number of hydrogen-bond acceptors (Lipinski definition) is 4. The van der Waals surface area contributed by atoms with Crippen molar-refractivity contribution in [2.75, 3.05) is 10.6 Å². The topological polar surface area (TPSA) is 66.9 Å². The molecule has 3 aromatic rings. The first-order valence-corrected chi connectivity index (χ1v) is 7.60. The van der Waals surface area contributed by atoms with Crippen LogP contribution in [0.4, 0.5) is 24.7 Å². The van der Waals surface area contributed by atoms with E-state index in [1.54, 1.807) is 18.2 Å².